The summed E-state index contributed by atoms with van der Waals surface area (Å²) >= 11 is 7.28. The molecule has 0 saturated heterocycles. The Bertz CT molecular complexity index is 946. The summed E-state index contributed by atoms with van der Waals surface area (Å²) in [5, 5.41) is 1.52. The molecule has 2 N–H and O–H groups in total. The van der Waals surface area contributed by atoms with Crippen LogP contribution in [0.25, 0.3) is 10.2 Å². The molecule has 1 unspecified atom stereocenters. The SMILES string of the molecule is CC1CCc2nc3sc(C(=O)c4ccc(Cl)cc4)c(N)c3cc2C1. The predicted octanol–water partition coefficient (Wildman–Crippen LogP) is 4.89. The number of ketones is 1. The van der Waals surface area contributed by atoms with E-state index < -0.39 is 0 Å². The molecule has 1 aromatic carbocycles. The number of nitrogens with two attached hydrogens (primary N) is 1. The number of rotatable bonds is 2. The number of carbonyl (C=O) groups is 1. The minimum Gasteiger partial charge on any atom is -0.397 e. The molecule has 3 nitrogen and oxygen atoms in total. The number of hydrogen-bond donors (Lipinski definition) is 1. The molecule has 0 radical (unpaired) electrons. The Hall–Kier alpha value is -1.91. The van der Waals surface area contributed by atoms with Crippen molar-refractivity contribution in [3.8, 4) is 0 Å². The Kier molecular flexibility index (Phi) is 3.82. The van der Waals surface area contributed by atoms with E-state index in [1.54, 1.807) is 24.3 Å². The molecule has 0 saturated carbocycles. The van der Waals surface area contributed by atoms with Crippen LogP contribution in [0.2, 0.25) is 5.02 Å². The molecular formula is C19H17ClN2OS. The highest BCUT2D eigenvalue weighted by Crippen LogP contribution is 2.37. The Balaban J connectivity index is 1.80. The zero-order chi connectivity index (χ0) is 16.8. The molecule has 0 bridgehead atoms. The molecule has 0 fully saturated rings. The van der Waals surface area contributed by atoms with Crippen molar-refractivity contribution in [2.24, 2.45) is 5.92 Å². The lowest BCUT2D eigenvalue weighted by molar-refractivity contribution is 0.104. The van der Waals surface area contributed by atoms with Gasteiger partial charge in [-0.05, 0) is 61.1 Å². The first-order chi connectivity index (χ1) is 11.5. The highest BCUT2D eigenvalue weighted by Gasteiger charge is 2.22. The molecule has 1 atom stereocenters. The van der Waals surface area contributed by atoms with Gasteiger partial charge in [-0.2, -0.15) is 0 Å². The zero-order valence-electron chi connectivity index (χ0n) is 13.3. The topological polar surface area (TPSA) is 56.0 Å². The van der Waals surface area contributed by atoms with E-state index >= 15 is 0 Å². The first-order valence-corrected chi connectivity index (χ1v) is 9.23. The number of anilines is 1. The summed E-state index contributed by atoms with van der Waals surface area (Å²) < 4.78 is 0. The summed E-state index contributed by atoms with van der Waals surface area (Å²) in [7, 11) is 0. The zero-order valence-corrected chi connectivity index (χ0v) is 14.9. The Morgan fingerprint density at radius 2 is 2.08 bits per heavy atom. The second-order valence-electron chi connectivity index (χ2n) is 6.48. The van der Waals surface area contributed by atoms with Crippen molar-refractivity contribution in [1.82, 2.24) is 4.98 Å². The molecule has 0 aliphatic heterocycles. The molecular weight excluding hydrogens is 340 g/mol. The van der Waals surface area contributed by atoms with Gasteiger partial charge in [0.1, 0.15) is 9.71 Å². The second-order valence-corrected chi connectivity index (χ2v) is 7.91. The van der Waals surface area contributed by atoms with Gasteiger partial charge in [-0.1, -0.05) is 18.5 Å². The Morgan fingerprint density at radius 3 is 2.83 bits per heavy atom. The minimum absolute atomic E-state index is 0.0708. The van der Waals surface area contributed by atoms with Gasteiger partial charge in [0, 0.05) is 21.7 Å². The first kappa shape index (κ1) is 15.6. The Morgan fingerprint density at radius 1 is 1.33 bits per heavy atom. The fraction of sp³-hybridized carbons (Fsp3) is 0.263. The normalized spacial score (nSPS) is 17.0. The maximum atomic E-state index is 12.8. The smallest absolute Gasteiger partial charge is 0.205 e. The summed E-state index contributed by atoms with van der Waals surface area (Å²) in [6, 6.07) is 9.04. The van der Waals surface area contributed by atoms with Crippen LogP contribution >= 0.6 is 22.9 Å². The standard InChI is InChI=1S/C19H17ClN2OS/c1-10-2-7-15-12(8-10)9-14-16(21)18(24-19(14)22-15)17(23)11-3-5-13(20)6-4-11/h3-6,9-10H,2,7-8,21H2,1H3. The molecule has 2 aromatic heterocycles. The number of aromatic nitrogens is 1. The largest absolute Gasteiger partial charge is 0.397 e. The van der Waals surface area contributed by atoms with Crippen LogP contribution in [0.1, 0.15) is 39.8 Å². The van der Waals surface area contributed by atoms with Crippen molar-refractivity contribution in [2.45, 2.75) is 26.2 Å². The third-order valence-electron chi connectivity index (χ3n) is 4.64. The van der Waals surface area contributed by atoms with Crippen LogP contribution in [0.4, 0.5) is 5.69 Å². The molecule has 24 heavy (non-hydrogen) atoms. The molecule has 4 rings (SSSR count). The highest BCUT2D eigenvalue weighted by molar-refractivity contribution is 7.21. The van der Waals surface area contributed by atoms with Crippen molar-refractivity contribution in [3.63, 3.8) is 0 Å². The van der Waals surface area contributed by atoms with Crippen molar-refractivity contribution >= 4 is 44.6 Å². The van der Waals surface area contributed by atoms with Crippen molar-refractivity contribution in [3.05, 3.63) is 57.1 Å². The van der Waals surface area contributed by atoms with Gasteiger partial charge in [0.2, 0.25) is 5.78 Å². The molecule has 0 spiro atoms. The lowest BCUT2D eigenvalue weighted by Crippen LogP contribution is -2.12. The number of hydrogen-bond acceptors (Lipinski definition) is 4. The molecule has 1 aliphatic rings. The molecule has 122 valence electrons. The van der Waals surface area contributed by atoms with Gasteiger partial charge < -0.3 is 5.73 Å². The van der Waals surface area contributed by atoms with Crippen molar-refractivity contribution in [2.75, 3.05) is 5.73 Å². The predicted molar refractivity (Wildman–Crippen MR) is 100 cm³/mol. The number of fused-ring (bicyclic) bond motifs is 2. The van der Waals surface area contributed by atoms with Crippen LogP contribution in [0, 0.1) is 5.92 Å². The third-order valence-corrected chi connectivity index (χ3v) is 6.01. The average molecular weight is 357 g/mol. The van der Waals surface area contributed by atoms with E-state index in [-0.39, 0.29) is 5.78 Å². The highest BCUT2D eigenvalue weighted by atomic mass is 35.5. The van der Waals surface area contributed by atoms with Gasteiger partial charge in [-0.25, -0.2) is 4.98 Å². The monoisotopic (exact) mass is 356 g/mol. The van der Waals surface area contributed by atoms with E-state index in [9.17, 15) is 4.79 Å². The summed E-state index contributed by atoms with van der Waals surface area (Å²) in [5.74, 6) is 0.602. The van der Waals surface area contributed by atoms with E-state index in [0.29, 0.717) is 27.1 Å². The van der Waals surface area contributed by atoms with Crippen LogP contribution in [0.15, 0.2) is 30.3 Å². The molecule has 2 heterocycles. The maximum Gasteiger partial charge on any atom is 0.205 e. The number of thiophene rings is 1. The maximum absolute atomic E-state index is 12.8. The van der Waals surface area contributed by atoms with Crippen LogP contribution in [-0.2, 0) is 12.8 Å². The van der Waals surface area contributed by atoms with Gasteiger partial charge in [0.15, 0.2) is 0 Å². The Labute approximate surface area is 149 Å². The van der Waals surface area contributed by atoms with E-state index in [2.05, 4.69) is 13.0 Å². The summed E-state index contributed by atoms with van der Waals surface area (Å²) in [5.41, 5.74) is 9.87. The van der Waals surface area contributed by atoms with E-state index in [1.807, 2.05) is 0 Å². The minimum atomic E-state index is -0.0708. The van der Waals surface area contributed by atoms with Gasteiger partial charge in [-0.15, -0.1) is 11.3 Å². The number of nitrogen functional groups attached to an aromatic ring is 1. The van der Waals surface area contributed by atoms with E-state index in [1.165, 1.54) is 23.3 Å². The quantitative estimate of drug-likeness (QED) is 0.665. The van der Waals surface area contributed by atoms with Gasteiger partial charge in [-0.3, -0.25) is 4.79 Å². The van der Waals surface area contributed by atoms with Crippen LogP contribution in [-0.4, -0.2) is 10.8 Å². The number of aryl methyl sites for hydroxylation is 1. The number of carbonyl (C=O) groups excluding carboxylic acids is 1. The average Bonchev–Trinajstić information content (AvgIpc) is 2.89. The lowest BCUT2D eigenvalue weighted by Gasteiger charge is -2.20. The number of pyridine rings is 1. The number of benzene rings is 1. The molecule has 5 heteroatoms. The fourth-order valence-corrected chi connectivity index (χ4v) is 4.46. The summed E-state index contributed by atoms with van der Waals surface area (Å²) in [6.45, 7) is 2.26. The number of halogens is 1. The van der Waals surface area contributed by atoms with Gasteiger partial charge in [0.25, 0.3) is 0 Å². The molecule has 3 aromatic rings. The molecule has 1 aliphatic carbocycles. The van der Waals surface area contributed by atoms with Crippen LogP contribution in [0.5, 0.6) is 0 Å². The van der Waals surface area contributed by atoms with E-state index in [4.69, 9.17) is 22.3 Å². The number of nitrogens with zero attached hydrogens (tertiary/aromatic N) is 1. The summed E-state index contributed by atoms with van der Waals surface area (Å²) in [4.78, 5) is 19.0. The molecule has 0 amide bonds. The first-order valence-electron chi connectivity index (χ1n) is 8.04. The second kappa shape index (κ2) is 5.87. The van der Waals surface area contributed by atoms with Gasteiger partial charge in [0.05, 0.1) is 5.69 Å². The van der Waals surface area contributed by atoms with Crippen molar-refractivity contribution in [1.29, 1.82) is 0 Å². The van der Waals surface area contributed by atoms with Crippen molar-refractivity contribution < 1.29 is 4.79 Å². The third kappa shape index (κ3) is 2.60. The summed E-state index contributed by atoms with van der Waals surface area (Å²) in [6.07, 6.45) is 3.21. The lowest BCUT2D eigenvalue weighted by atomic mass is 9.87. The van der Waals surface area contributed by atoms with Crippen LogP contribution < -0.4 is 5.73 Å². The van der Waals surface area contributed by atoms with E-state index in [0.717, 1.165) is 28.8 Å². The van der Waals surface area contributed by atoms with Gasteiger partial charge >= 0.3 is 0 Å². The fourth-order valence-electron chi connectivity index (χ4n) is 3.27. The van der Waals surface area contributed by atoms with Crippen LogP contribution in [0.3, 0.4) is 0 Å².